The highest BCUT2D eigenvalue weighted by atomic mass is 16.3. The Morgan fingerprint density at radius 2 is 1.81 bits per heavy atom. The fourth-order valence-electron chi connectivity index (χ4n) is 8.78. The van der Waals surface area contributed by atoms with E-state index in [0.29, 0.717) is 29.6 Å². The minimum atomic E-state index is -0.157. The highest BCUT2D eigenvalue weighted by Gasteiger charge is 2.61. The van der Waals surface area contributed by atoms with Crippen LogP contribution in [0.2, 0.25) is 0 Å². The van der Waals surface area contributed by atoms with Gasteiger partial charge in [-0.25, -0.2) is 0 Å². The molecule has 4 aliphatic rings. The van der Waals surface area contributed by atoms with Gasteiger partial charge in [-0.2, -0.15) is 0 Å². The van der Waals surface area contributed by atoms with Crippen molar-refractivity contribution >= 4 is 0 Å². The van der Waals surface area contributed by atoms with Gasteiger partial charge in [-0.3, -0.25) is 0 Å². The number of fused-ring (bicyclic) bond motifs is 5. The fourth-order valence-corrected chi connectivity index (χ4v) is 8.78. The van der Waals surface area contributed by atoms with Crippen molar-refractivity contribution in [1.82, 2.24) is 0 Å². The topological polar surface area (TPSA) is 60.7 Å². The average molecular weight is 435 g/mol. The van der Waals surface area contributed by atoms with E-state index in [1.807, 2.05) is 0 Å². The van der Waals surface area contributed by atoms with E-state index < -0.39 is 0 Å². The summed E-state index contributed by atoms with van der Waals surface area (Å²) in [5, 5.41) is 30.8. The second-order valence-corrected chi connectivity index (χ2v) is 12.2. The maximum Gasteiger partial charge on any atom is 0.0579 e. The van der Waals surface area contributed by atoms with E-state index in [1.165, 1.54) is 24.8 Å². The maximum absolute atomic E-state index is 11.2. The summed E-state index contributed by atoms with van der Waals surface area (Å²) in [5.41, 5.74) is 2.07. The van der Waals surface area contributed by atoms with Crippen molar-refractivity contribution in [2.45, 2.75) is 112 Å². The molecule has 0 spiro atoms. The highest BCUT2D eigenvalue weighted by Crippen LogP contribution is 2.67. The van der Waals surface area contributed by atoms with Crippen LogP contribution in [0.3, 0.4) is 0 Å². The minimum absolute atomic E-state index is 0. The third-order valence-electron chi connectivity index (χ3n) is 10.5. The summed E-state index contributed by atoms with van der Waals surface area (Å²) in [5.74, 6) is 3.43. The third-order valence-corrected chi connectivity index (χ3v) is 10.5. The van der Waals surface area contributed by atoms with E-state index in [-0.39, 0.29) is 37.1 Å². The minimum Gasteiger partial charge on any atom is -0.396 e. The SMILES string of the molecule is C.CC(CO)CCCC(C)C1C(O)CC2C3CC=C4CC(O)CCC4(C)C3CCC21C. The smallest absolute Gasteiger partial charge is 0.0579 e. The molecule has 10 atom stereocenters. The molecule has 0 saturated heterocycles. The molecule has 4 aliphatic carbocycles. The largest absolute Gasteiger partial charge is 0.396 e. The van der Waals surface area contributed by atoms with Gasteiger partial charge in [-0.05, 0) is 97.7 Å². The molecule has 31 heavy (non-hydrogen) atoms. The van der Waals surface area contributed by atoms with Crippen LogP contribution in [0.4, 0.5) is 0 Å². The predicted molar refractivity (Wildman–Crippen MR) is 129 cm³/mol. The Morgan fingerprint density at radius 1 is 1.06 bits per heavy atom. The van der Waals surface area contributed by atoms with Gasteiger partial charge >= 0.3 is 0 Å². The summed E-state index contributed by atoms with van der Waals surface area (Å²) < 4.78 is 0. The van der Waals surface area contributed by atoms with Crippen molar-refractivity contribution in [2.75, 3.05) is 6.61 Å². The van der Waals surface area contributed by atoms with Gasteiger partial charge < -0.3 is 15.3 Å². The van der Waals surface area contributed by atoms with Crippen molar-refractivity contribution in [3.05, 3.63) is 11.6 Å². The number of aliphatic hydroxyl groups is 3. The van der Waals surface area contributed by atoms with E-state index in [0.717, 1.165) is 50.9 Å². The Balaban J connectivity index is 0.00000272. The van der Waals surface area contributed by atoms with Crippen LogP contribution in [0.15, 0.2) is 11.6 Å². The van der Waals surface area contributed by atoms with E-state index in [4.69, 9.17) is 0 Å². The van der Waals surface area contributed by atoms with Gasteiger partial charge in [-0.15, -0.1) is 0 Å². The molecular weight excluding hydrogens is 384 g/mol. The standard InChI is InChI=1S/C27H46O3.CH4/c1-17(16-28)6-5-7-18(2)25-24(30)15-23-21-9-8-19-14-20(29)10-12-26(19,3)22(21)11-13-27(23,25)4;/h8,17-18,20-25,28-30H,5-7,9-16H2,1-4H3;1H4. The summed E-state index contributed by atoms with van der Waals surface area (Å²) in [4.78, 5) is 0. The molecule has 0 heterocycles. The second kappa shape index (κ2) is 9.47. The summed E-state index contributed by atoms with van der Waals surface area (Å²) in [6.07, 6.45) is 13.3. The maximum atomic E-state index is 11.2. The lowest BCUT2D eigenvalue weighted by atomic mass is 9.47. The van der Waals surface area contributed by atoms with Crippen LogP contribution in [0.5, 0.6) is 0 Å². The van der Waals surface area contributed by atoms with E-state index >= 15 is 0 Å². The molecule has 10 unspecified atom stereocenters. The van der Waals surface area contributed by atoms with Crippen LogP contribution in [0.25, 0.3) is 0 Å². The number of hydrogen-bond acceptors (Lipinski definition) is 3. The van der Waals surface area contributed by atoms with Crippen LogP contribution >= 0.6 is 0 Å². The molecule has 3 heteroatoms. The van der Waals surface area contributed by atoms with Gasteiger partial charge in [-0.1, -0.05) is 59.6 Å². The van der Waals surface area contributed by atoms with Crippen LogP contribution in [-0.2, 0) is 0 Å². The van der Waals surface area contributed by atoms with Gasteiger partial charge in [0.1, 0.15) is 0 Å². The molecule has 0 amide bonds. The molecule has 0 aliphatic heterocycles. The van der Waals surface area contributed by atoms with Crippen molar-refractivity contribution in [3.63, 3.8) is 0 Å². The van der Waals surface area contributed by atoms with E-state index in [9.17, 15) is 15.3 Å². The molecule has 3 N–H and O–H groups in total. The first-order valence-corrected chi connectivity index (χ1v) is 12.9. The molecule has 4 rings (SSSR count). The van der Waals surface area contributed by atoms with Gasteiger partial charge in [0.2, 0.25) is 0 Å². The van der Waals surface area contributed by atoms with Gasteiger partial charge in [0, 0.05) is 6.61 Å². The number of hydrogen-bond donors (Lipinski definition) is 3. The first kappa shape index (κ1) is 25.2. The summed E-state index contributed by atoms with van der Waals surface area (Å²) >= 11 is 0. The molecule has 0 radical (unpaired) electrons. The first-order chi connectivity index (χ1) is 14.2. The zero-order valence-corrected chi connectivity index (χ0v) is 19.8. The lowest BCUT2D eigenvalue weighted by molar-refractivity contribution is -0.0620. The van der Waals surface area contributed by atoms with E-state index in [2.05, 4.69) is 33.8 Å². The molecular formula is C28H50O3. The monoisotopic (exact) mass is 434 g/mol. The Morgan fingerprint density at radius 3 is 2.52 bits per heavy atom. The predicted octanol–water partition coefficient (Wildman–Crippen LogP) is 5.97. The molecule has 3 fully saturated rings. The Labute approximate surface area is 191 Å². The number of allylic oxidation sites excluding steroid dienone is 1. The van der Waals surface area contributed by atoms with Crippen molar-refractivity contribution in [1.29, 1.82) is 0 Å². The summed E-state index contributed by atoms with van der Waals surface area (Å²) in [6, 6.07) is 0. The van der Waals surface area contributed by atoms with Crippen LogP contribution < -0.4 is 0 Å². The number of aliphatic hydroxyl groups excluding tert-OH is 3. The second-order valence-electron chi connectivity index (χ2n) is 12.2. The molecule has 180 valence electrons. The Kier molecular flexibility index (Phi) is 7.71. The zero-order chi connectivity index (χ0) is 21.7. The lowest BCUT2D eigenvalue weighted by Gasteiger charge is -2.58. The van der Waals surface area contributed by atoms with Crippen molar-refractivity contribution < 1.29 is 15.3 Å². The highest BCUT2D eigenvalue weighted by molar-refractivity contribution is 5.25. The number of rotatable bonds is 6. The van der Waals surface area contributed by atoms with Crippen LogP contribution in [0, 0.1) is 46.3 Å². The van der Waals surface area contributed by atoms with E-state index in [1.54, 1.807) is 0 Å². The summed E-state index contributed by atoms with van der Waals surface area (Å²) in [7, 11) is 0. The molecule has 0 bridgehead atoms. The van der Waals surface area contributed by atoms with Crippen molar-refractivity contribution in [2.24, 2.45) is 46.3 Å². The van der Waals surface area contributed by atoms with Crippen LogP contribution in [0.1, 0.15) is 99.3 Å². The average Bonchev–Trinajstić information content (AvgIpc) is 2.98. The van der Waals surface area contributed by atoms with Gasteiger partial charge in [0.05, 0.1) is 12.2 Å². The quantitative estimate of drug-likeness (QED) is 0.451. The third kappa shape index (κ3) is 4.28. The Bertz CT molecular complexity index is 644. The van der Waals surface area contributed by atoms with Crippen molar-refractivity contribution in [3.8, 4) is 0 Å². The zero-order valence-electron chi connectivity index (χ0n) is 19.8. The lowest BCUT2D eigenvalue weighted by Crippen LogP contribution is -2.51. The van der Waals surface area contributed by atoms with Gasteiger partial charge in [0.25, 0.3) is 0 Å². The molecule has 0 aromatic carbocycles. The molecule has 0 aromatic heterocycles. The first-order valence-electron chi connectivity index (χ1n) is 12.9. The molecule has 3 nitrogen and oxygen atoms in total. The Hall–Kier alpha value is -0.380. The van der Waals surface area contributed by atoms with Gasteiger partial charge in [0.15, 0.2) is 0 Å². The van der Waals surface area contributed by atoms with Crippen LogP contribution in [-0.4, -0.2) is 34.1 Å². The normalized spacial score (nSPS) is 46.1. The molecule has 0 aromatic rings. The fraction of sp³-hybridized carbons (Fsp3) is 0.929. The summed E-state index contributed by atoms with van der Waals surface area (Å²) in [6.45, 7) is 9.78. The molecule has 3 saturated carbocycles.